The van der Waals surface area contributed by atoms with Crippen molar-refractivity contribution in [1.82, 2.24) is 15.1 Å². The molecule has 1 N–H and O–H groups in total. The minimum atomic E-state index is -0.169. The van der Waals surface area contributed by atoms with Crippen LogP contribution in [0.2, 0.25) is 0 Å². The summed E-state index contributed by atoms with van der Waals surface area (Å²) in [6, 6.07) is 7.82. The van der Waals surface area contributed by atoms with E-state index in [-0.39, 0.29) is 5.82 Å². The Morgan fingerprint density at radius 3 is 2.60 bits per heavy atom. The van der Waals surface area contributed by atoms with Gasteiger partial charge in [0.1, 0.15) is 5.82 Å². The van der Waals surface area contributed by atoms with Gasteiger partial charge in [0.2, 0.25) is 0 Å². The fraction of sp³-hybridized carbons (Fsp3) is 0.625. The fourth-order valence-electron chi connectivity index (χ4n) is 2.92. The van der Waals surface area contributed by atoms with Crippen molar-refractivity contribution in [2.75, 3.05) is 40.8 Å². The van der Waals surface area contributed by atoms with Gasteiger partial charge in [0.15, 0.2) is 0 Å². The van der Waals surface area contributed by atoms with Crippen LogP contribution in [0.1, 0.15) is 24.4 Å². The maximum Gasteiger partial charge on any atom is 0.123 e. The number of likely N-dealkylation sites (tertiary alicyclic amines) is 1. The Morgan fingerprint density at radius 1 is 1.35 bits per heavy atom. The molecule has 1 fully saturated rings. The first kappa shape index (κ1) is 15.4. The molecule has 1 aromatic rings. The minimum absolute atomic E-state index is 0.169. The number of rotatable bonds is 6. The zero-order chi connectivity index (χ0) is 14.5. The standard InChI is InChI=1S/C16H26FN3/c1-18-16(13-4-6-14(17)7-5-13)9-11-20-10-8-15(12-20)19(2)3/h4-7,15-16,18H,8-12H2,1-3H3. The predicted octanol–water partition coefficient (Wildman–Crippen LogP) is 2.11. The van der Waals surface area contributed by atoms with E-state index in [4.69, 9.17) is 0 Å². The zero-order valence-electron chi connectivity index (χ0n) is 12.8. The van der Waals surface area contributed by atoms with Crippen LogP contribution in [0.4, 0.5) is 4.39 Å². The van der Waals surface area contributed by atoms with E-state index in [0.29, 0.717) is 12.1 Å². The second-order valence-corrected chi connectivity index (χ2v) is 5.89. The zero-order valence-corrected chi connectivity index (χ0v) is 12.8. The van der Waals surface area contributed by atoms with Gasteiger partial charge in [-0.15, -0.1) is 0 Å². The first-order valence-electron chi connectivity index (χ1n) is 7.41. The lowest BCUT2D eigenvalue weighted by molar-refractivity contribution is 0.261. The molecule has 112 valence electrons. The Morgan fingerprint density at radius 2 is 2.05 bits per heavy atom. The molecule has 0 radical (unpaired) electrons. The van der Waals surface area contributed by atoms with Gasteiger partial charge < -0.3 is 15.1 Å². The van der Waals surface area contributed by atoms with Crippen molar-refractivity contribution < 1.29 is 4.39 Å². The molecule has 0 aromatic heterocycles. The van der Waals surface area contributed by atoms with Gasteiger partial charge in [-0.25, -0.2) is 4.39 Å². The lowest BCUT2D eigenvalue weighted by Crippen LogP contribution is -2.32. The summed E-state index contributed by atoms with van der Waals surface area (Å²) in [6.45, 7) is 3.43. The van der Waals surface area contributed by atoms with Gasteiger partial charge in [-0.2, -0.15) is 0 Å². The summed E-state index contributed by atoms with van der Waals surface area (Å²) in [4.78, 5) is 4.84. The van der Waals surface area contributed by atoms with E-state index in [1.54, 1.807) is 0 Å². The third-order valence-corrected chi connectivity index (χ3v) is 4.33. The SMILES string of the molecule is CNC(CCN1CCC(N(C)C)C1)c1ccc(F)cc1. The molecule has 2 atom stereocenters. The first-order chi connectivity index (χ1) is 9.60. The fourth-order valence-corrected chi connectivity index (χ4v) is 2.92. The van der Waals surface area contributed by atoms with Crippen molar-refractivity contribution in [3.63, 3.8) is 0 Å². The molecule has 1 heterocycles. The van der Waals surface area contributed by atoms with Crippen LogP contribution in [-0.2, 0) is 0 Å². The maximum absolute atomic E-state index is 13.0. The van der Waals surface area contributed by atoms with Crippen LogP contribution in [0.25, 0.3) is 0 Å². The molecule has 0 bridgehead atoms. The van der Waals surface area contributed by atoms with E-state index < -0.39 is 0 Å². The van der Waals surface area contributed by atoms with E-state index in [0.717, 1.165) is 25.1 Å². The molecule has 4 heteroatoms. The third kappa shape index (κ3) is 4.01. The van der Waals surface area contributed by atoms with E-state index in [2.05, 4.69) is 29.2 Å². The Bertz CT molecular complexity index is 405. The van der Waals surface area contributed by atoms with Crippen molar-refractivity contribution >= 4 is 0 Å². The molecule has 1 saturated heterocycles. The Kier molecular flexibility index (Phi) is 5.52. The molecular formula is C16H26FN3. The van der Waals surface area contributed by atoms with Gasteiger partial charge >= 0.3 is 0 Å². The highest BCUT2D eigenvalue weighted by atomic mass is 19.1. The number of nitrogens with zero attached hydrogens (tertiary/aromatic N) is 2. The van der Waals surface area contributed by atoms with Gasteiger partial charge in [0, 0.05) is 25.2 Å². The van der Waals surface area contributed by atoms with E-state index in [1.807, 2.05) is 19.2 Å². The second kappa shape index (κ2) is 7.16. The first-order valence-corrected chi connectivity index (χ1v) is 7.41. The molecule has 1 aliphatic rings. The van der Waals surface area contributed by atoms with E-state index in [9.17, 15) is 4.39 Å². The van der Waals surface area contributed by atoms with Crippen LogP contribution < -0.4 is 5.32 Å². The molecule has 3 nitrogen and oxygen atoms in total. The maximum atomic E-state index is 13.0. The summed E-state index contributed by atoms with van der Waals surface area (Å²) < 4.78 is 13.0. The summed E-state index contributed by atoms with van der Waals surface area (Å²) >= 11 is 0. The highest BCUT2D eigenvalue weighted by Gasteiger charge is 2.24. The van der Waals surface area contributed by atoms with Crippen molar-refractivity contribution in [2.24, 2.45) is 0 Å². The van der Waals surface area contributed by atoms with Gasteiger partial charge in [-0.3, -0.25) is 0 Å². The monoisotopic (exact) mass is 279 g/mol. The van der Waals surface area contributed by atoms with Gasteiger partial charge in [-0.05, 0) is 58.2 Å². The topological polar surface area (TPSA) is 18.5 Å². The van der Waals surface area contributed by atoms with Crippen molar-refractivity contribution in [2.45, 2.75) is 24.9 Å². The minimum Gasteiger partial charge on any atom is -0.313 e. The van der Waals surface area contributed by atoms with Crippen LogP contribution in [0, 0.1) is 5.82 Å². The highest BCUT2D eigenvalue weighted by molar-refractivity contribution is 5.19. The largest absolute Gasteiger partial charge is 0.313 e. The lowest BCUT2D eigenvalue weighted by atomic mass is 10.0. The highest BCUT2D eigenvalue weighted by Crippen LogP contribution is 2.20. The molecule has 2 rings (SSSR count). The molecule has 0 saturated carbocycles. The number of benzene rings is 1. The van der Waals surface area contributed by atoms with Crippen LogP contribution in [0.15, 0.2) is 24.3 Å². The summed E-state index contributed by atoms with van der Waals surface area (Å²) in [5, 5.41) is 3.34. The van der Waals surface area contributed by atoms with Crippen molar-refractivity contribution in [1.29, 1.82) is 0 Å². The molecule has 2 unspecified atom stereocenters. The van der Waals surface area contributed by atoms with Gasteiger partial charge in [0.05, 0.1) is 0 Å². The Balaban J connectivity index is 1.84. The van der Waals surface area contributed by atoms with Gasteiger partial charge in [0.25, 0.3) is 0 Å². The Hall–Kier alpha value is -0.970. The summed E-state index contributed by atoms with van der Waals surface area (Å²) in [5.41, 5.74) is 1.16. The van der Waals surface area contributed by atoms with Crippen LogP contribution in [0.5, 0.6) is 0 Å². The Labute approximate surface area is 121 Å². The predicted molar refractivity (Wildman–Crippen MR) is 81.3 cm³/mol. The summed E-state index contributed by atoms with van der Waals surface area (Å²) in [6.07, 6.45) is 2.32. The number of hydrogen-bond acceptors (Lipinski definition) is 3. The van der Waals surface area contributed by atoms with E-state index in [1.165, 1.54) is 25.1 Å². The number of hydrogen-bond donors (Lipinski definition) is 1. The number of nitrogens with one attached hydrogen (secondary N) is 1. The third-order valence-electron chi connectivity index (χ3n) is 4.33. The molecule has 1 aliphatic heterocycles. The average Bonchev–Trinajstić information content (AvgIpc) is 2.90. The quantitative estimate of drug-likeness (QED) is 0.860. The van der Waals surface area contributed by atoms with E-state index >= 15 is 0 Å². The van der Waals surface area contributed by atoms with Crippen LogP contribution in [-0.4, -0.2) is 56.6 Å². The summed E-state index contributed by atoms with van der Waals surface area (Å²) in [7, 11) is 6.28. The normalized spacial score (nSPS) is 21.6. The molecule has 20 heavy (non-hydrogen) atoms. The molecular weight excluding hydrogens is 253 g/mol. The number of likely N-dealkylation sites (N-methyl/N-ethyl adjacent to an activating group) is 1. The molecule has 0 spiro atoms. The van der Waals surface area contributed by atoms with Crippen LogP contribution in [0.3, 0.4) is 0 Å². The lowest BCUT2D eigenvalue weighted by Gasteiger charge is -2.23. The molecule has 1 aromatic carbocycles. The number of halogens is 1. The van der Waals surface area contributed by atoms with Crippen molar-refractivity contribution in [3.8, 4) is 0 Å². The summed E-state index contributed by atoms with van der Waals surface area (Å²) in [5.74, 6) is -0.169. The smallest absolute Gasteiger partial charge is 0.123 e. The second-order valence-electron chi connectivity index (χ2n) is 5.89. The molecule has 0 aliphatic carbocycles. The molecule has 0 amide bonds. The average molecular weight is 279 g/mol. The van der Waals surface area contributed by atoms with Crippen molar-refractivity contribution in [3.05, 3.63) is 35.6 Å². The van der Waals surface area contributed by atoms with Gasteiger partial charge in [-0.1, -0.05) is 12.1 Å². The van der Waals surface area contributed by atoms with Crippen LogP contribution >= 0.6 is 0 Å².